The van der Waals surface area contributed by atoms with Gasteiger partial charge >= 0.3 is 0 Å². The summed E-state index contributed by atoms with van der Waals surface area (Å²) in [6.07, 6.45) is 1.34. The molecule has 0 aliphatic heterocycles. The number of pyridine rings is 2. The number of rotatable bonds is 8. The summed E-state index contributed by atoms with van der Waals surface area (Å²) in [4.78, 5) is 21.6. The van der Waals surface area contributed by atoms with Crippen LogP contribution in [0.4, 0.5) is 0 Å². The Labute approximate surface area is 216 Å². The number of ether oxygens (including phenoxy) is 2. The first-order valence-corrected chi connectivity index (χ1v) is 13.1. The highest BCUT2D eigenvalue weighted by atomic mass is 32.2. The summed E-state index contributed by atoms with van der Waals surface area (Å²) in [5, 5.41) is -0.269. The maximum atomic E-state index is 13.2. The first-order valence-electron chi connectivity index (χ1n) is 11.7. The molecule has 0 bridgehead atoms. The largest absolute Gasteiger partial charge is 0.494 e. The molecule has 37 heavy (non-hydrogen) atoms. The average molecular weight is 518 g/mol. The molecule has 2 heterocycles. The topological polar surface area (TPSA) is 107 Å². The monoisotopic (exact) mass is 517 g/mol. The zero-order valence-electron chi connectivity index (χ0n) is 21.0. The van der Waals surface area contributed by atoms with E-state index in [9.17, 15) is 13.2 Å². The minimum Gasteiger partial charge on any atom is -0.494 e. The highest BCUT2D eigenvalue weighted by Gasteiger charge is 2.24. The summed E-state index contributed by atoms with van der Waals surface area (Å²) in [6.45, 7) is 8.24. The van der Waals surface area contributed by atoms with Crippen LogP contribution in [0.25, 0.3) is 11.3 Å². The van der Waals surface area contributed by atoms with Gasteiger partial charge in [-0.25, -0.2) is 14.7 Å². The third kappa shape index (κ3) is 5.95. The minimum atomic E-state index is -4.20. The molecule has 0 fully saturated rings. The van der Waals surface area contributed by atoms with Gasteiger partial charge in [-0.05, 0) is 87.4 Å². The van der Waals surface area contributed by atoms with Gasteiger partial charge in [0, 0.05) is 11.8 Å². The number of nitrogens with zero attached hydrogens (tertiary/aromatic N) is 2. The summed E-state index contributed by atoms with van der Waals surface area (Å²) >= 11 is 0. The molecule has 9 heteroatoms. The van der Waals surface area contributed by atoms with Gasteiger partial charge in [0.15, 0.2) is 5.03 Å². The van der Waals surface area contributed by atoms with Crippen LogP contribution in [0.5, 0.6) is 17.4 Å². The Morgan fingerprint density at radius 2 is 1.65 bits per heavy atom. The molecule has 1 N–H and O–H groups in total. The second-order valence-electron chi connectivity index (χ2n) is 8.44. The van der Waals surface area contributed by atoms with Crippen LogP contribution in [0, 0.1) is 20.8 Å². The smallest absolute Gasteiger partial charge is 0.281 e. The molecular formula is C28H27N3O5S. The van der Waals surface area contributed by atoms with Crippen LogP contribution in [0.1, 0.15) is 34.0 Å². The van der Waals surface area contributed by atoms with Gasteiger partial charge in [0.25, 0.3) is 15.9 Å². The highest BCUT2D eigenvalue weighted by molar-refractivity contribution is 7.90. The summed E-state index contributed by atoms with van der Waals surface area (Å²) < 4.78 is 39.2. The Kier molecular flexibility index (Phi) is 7.54. The number of carbonyl (C=O) groups excluding carboxylic acids is 1. The predicted molar refractivity (Wildman–Crippen MR) is 140 cm³/mol. The van der Waals surface area contributed by atoms with Crippen molar-refractivity contribution in [3.8, 4) is 28.6 Å². The van der Waals surface area contributed by atoms with Gasteiger partial charge in [-0.1, -0.05) is 23.8 Å². The van der Waals surface area contributed by atoms with E-state index < -0.39 is 15.9 Å². The average Bonchev–Trinajstić information content (AvgIpc) is 2.87. The second kappa shape index (κ2) is 10.8. The van der Waals surface area contributed by atoms with Crippen molar-refractivity contribution >= 4 is 15.9 Å². The van der Waals surface area contributed by atoms with Crippen molar-refractivity contribution in [1.29, 1.82) is 0 Å². The molecule has 190 valence electrons. The lowest BCUT2D eigenvalue weighted by atomic mass is 10.1. The fourth-order valence-electron chi connectivity index (χ4n) is 3.90. The fraction of sp³-hybridized carbons (Fsp3) is 0.179. The third-order valence-corrected chi connectivity index (χ3v) is 6.76. The van der Waals surface area contributed by atoms with Crippen LogP contribution < -0.4 is 14.2 Å². The lowest BCUT2D eigenvalue weighted by Gasteiger charge is -2.16. The standard InChI is InChI=1S/C28H27N3O5S/c1-5-35-22-11-9-21(10-12-22)24-14-13-23(27(32)31-37(33,34)25-8-6-7-15-29-25)28(30-24)36-26-19(3)16-18(2)17-20(26)4/h6-17H,5H2,1-4H3,(H,31,32). The van der Waals surface area contributed by atoms with E-state index >= 15 is 0 Å². The quantitative estimate of drug-likeness (QED) is 0.334. The van der Waals surface area contributed by atoms with E-state index in [1.807, 2.05) is 64.1 Å². The number of hydrogen-bond acceptors (Lipinski definition) is 7. The summed E-state index contributed by atoms with van der Waals surface area (Å²) in [5.41, 5.74) is 4.08. The number of amides is 1. The minimum absolute atomic E-state index is 0.0184. The number of aromatic nitrogens is 2. The third-order valence-electron chi connectivity index (χ3n) is 5.51. The van der Waals surface area contributed by atoms with E-state index in [1.165, 1.54) is 24.4 Å². The van der Waals surface area contributed by atoms with Crippen LogP contribution in [-0.4, -0.2) is 30.9 Å². The van der Waals surface area contributed by atoms with Crippen LogP contribution in [0.2, 0.25) is 0 Å². The number of aryl methyl sites for hydroxylation is 3. The second-order valence-corrected chi connectivity index (χ2v) is 10.1. The maximum Gasteiger partial charge on any atom is 0.281 e. The van der Waals surface area contributed by atoms with Crippen molar-refractivity contribution in [2.75, 3.05) is 6.61 Å². The van der Waals surface area contributed by atoms with Crippen LogP contribution in [-0.2, 0) is 10.0 Å². The van der Waals surface area contributed by atoms with E-state index in [2.05, 4.69) is 14.7 Å². The van der Waals surface area contributed by atoms with E-state index in [0.29, 0.717) is 18.1 Å². The number of hydrogen-bond donors (Lipinski definition) is 1. The number of nitrogens with one attached hydrogen (secondary N) is 1. The first-order chi connectivity index (χ1) is 17.7. The van der Waals surface area contributed by atoms with E-state index in [0.717, 1.165) is 28.0 Å². The lowest BCUT2D eigenvalue weighted by Crippen LogP contribution is -2.31. The molecule has 0 aliphatic rings. The van der Waals surface area contributed by atoms with E-state index in [-0.39, 0.29) is 16.5 Å². The van der Waals surface area contributed by atoms with Crippen LogP contribution in [0.15, 0.2) is 78.0 Å². The van der Waals surface area contributed by atoms with Gasteiger partial charge in [-0.3, -0.25) is 4.79 Å². The molecule has 4 rings (SSSR count). The molecule has 0 unspecified atom stereocenters. The van der Waals surface area contributed by atoms with Gasteiger partial charge in [0.05, 0.1) is 12.3 Å². The molecule has 8 nitrogen and oxygen atoms in total. The van der Waals surface area contributed by atoms with Gasteiger partial charge < -0.3 is 9.47 Å². The van der Waals surface area contributed by atoms with Gasteiger partial charge in [-0.2, -0.15) is 8.42 Å². The number of carbonyl (C=O) groups is 1. The molecule has 0 aliphatic carbocycles. The van der Waals surface area contributed by atoms with E-state index in [1.54, 1.807) is 12.1 Å². The Morgan fingerprint density at radius 3 is 2.27 bits per heavy atom. The molecule has 0 saturated carbocycles. The van der Waals surface area contributed by atoms with Crippen molar-refractivity contribution in [3.05, 3.63) is 95.2 Å². The molecule has 0 spiro atoms. The van der Waals surface area contributed by atoms with Crippen molar-refractivity contribution in [2.45, 2.75) is 32.7 Å². The van der Waals surface area contributed by atoms with Crippen LogP contribution >= 0.6 is 0 Å². The Morgan fingerprint density at radius 1 is 0.946 bits per heavy atom. The zero-order chi connectivity index (χ0) is 26.6. The van der Waals surface area contributed by atoms with Gasteiger partial charge in [0.1, 0.15) is 17.1 Å². The van der Waals surface area contributed by atoms with E-state index in [4.69, 9.17) is 9.47 Å². The van der Waals surface area contributed by atoms with Crippen molar-refractivity contribution in [1.82, 2.24) is 14.7 Å². The van der Waals surface area contributed by atoms with Crippen molar-refractivity contribution in [2.24, 2.45) is 0 Å². The first kappa shape index (κ1) is 25.8. The molecule has 4 aromatic rings. The summed E-state index contributed by atoms with van der Waals surface area (Å²) in [6, 6.07) is 18.8. The van der Waals surface area contributed by atoms with Crippen LogP contribution in [0.3, 0.4) is 0 Å². The molecule has 1 amide bonds. The zero-order valence-corrected chi connectivity index (χ0v) is 21.8. The molecular weight excluding hydrogens is 490 g/mol. The lowest BCUT2D eigenvalue weighted by molar-refractivity contribution is 0.0978. The Balaban J connectivity index is 1.75. The summed E-state index contributed by atoms with van der Waals surface area (Å²) in [5.74, 6) is 0.372. The van der Waals surface area contributed by atoms with Crippen molar-refractivity contribution < 1.29 is 22.7 Å². The predicted octanol–water partition coefficient (Wildman–Crippen LogP) is 5.38. The molecule has 0 radical (unpaired) electrons. The van der Waals surface area contributed by atoms with Crippen molar-refractivity contribution in [3.63, 3.8) is 0 Å². The van der Waals surface area contributed by atoms with Gasteiger partial charge in [-0.15, -0.1) is 0 Å². The molecule has 2 aromatic carbocycles. The van der Waals surface area contributed by atoms with Gasteiger partial charge in [0.2, 0.25) is 5.88 Å². The molecule has 0 saturated heterocycles. The number of benzene rings is 2. The molecule has 2 aromatic heterocycles. The Hall–Kier alpha value is -4.24. The fourth-order valence-corrected chi connectivity index (χ4v) is 4.82. The highest BCUT2D eigenvalue weighted by Crippen LogP contribution is 2.33. The molecule has 0 atom stereocenters. The maximum absolute atomic E-state index is 13.2. The Bertz CT molecular complexity index is 1510. The number of sulfonamides is 1. The SMILES string of the molecule is CCOc1ccc(-c2ccc(C(=O)NS(=O)(=O)c3ccccn3)c(Oc3c(C)cc(C)cc3C)n2)cc1. The summed E-state index contributed by atoms with van der Waals surface area (Å²) in [7, 11) is -4.20. The normalized spacial score (nSPS) is 11.1.